The Morgan fingerprint density at radius 1 is 1.21 bits per heavy atom. The minimum Gasteiger partial charge on any atom is -0.380 e. The Balaban J connectivity index is 1.59. The second kappa shape index (κ2) is 9.38. The van der Waals surface area contributed by atoms with E-state index in [1.54, 1.807) is 13.1 Å². The average molecular weight is 464 g/mol. The second-order valence-corrected chi connectivity index (χ2v) is 8.23. The molecule has 0 amide bonds. The quantitative estimate of drug-likeness (QED) is 0.491. The number of aryl methyl sites for hydroxylation is 1. The number of anilines is 3. The molecule has 1 aliphatic heterocycles. The van der Waals surface area contributed by atoms with Gasteiger partial charge in [0.05, 0.1) is 11.9 Å². The predicted octanol–water partition coefficient (Wildman–Crippen LogP) is 2.55. The predicted molar refractivity (Wildman–Crippen MR) is 120 cm³/mol. The highest BCUT2D eigenvalue weighted by atomic mass is 19.4. The van der Waals surface area contributed by atoms with E-state index in [1.165, 1.54) is 4.52 Å². The monoisotopic (exact) mass is 463 g/mol. The van der Waals surface area contributed by atoms with E-state index >= 15 is 0 Å². The Morgan fingerprint density at radius 2 is 1.97 bits per heavy atom. The number of piperazine rings is 1. The van der Waals surface area contributed by atoms with Crippen LogP contribution in [0, 0.1) is 6.92 Å². The van der Waals surface area contributed by atoms with Gasteiger partial charge in [0.15, 0.2) is 11.5 Å². The molecule has 9 nitrogen and oxygen atoms in total. The van der Waals surface area contributed by atoms with E-state index in [1.807, 2.05) is 13.1 Å². The molecule has 3 aromatic rings. The van der Waals surface area contributed by atoms with Crippen LogP contribution in [0.4, 0.5) is 30.8 Å². The van der Waals surface area contributed by atoms with E-state index < -0.39 is 12.2 Å². The van der Waals surface area contributed by atoms with E-state index in [4.69, 9.17) is 5.73 Å². The van der Waals surface area contributed by atoms with Crippen LogP contribution in [-0.4, -0.2) is 63.0 Å². The minimum absolute atomic E-state index is 0.0135. The third-order valence-corrected chi connectivity index (χ3v) is 5.64. The molecule has 0 bridgehead atoms. The van der Waals surface area contributed by atoms with Crippen molar-refractivity contribution in [3.8, 4) is 0 Å². The molecule has 4 heterocycles. The smallest absolute Gasteiger partial charge is 0.380 e. The number of pyridine rings is 1. The van der Waals surface area contributed by atoms with Crippen LogP contribution in [0.1, 0.15) is 36.6 Å². The van der Waals surface area contributed by atoms with Gasteiger partial charge >= 0.3 is 6.18 Å². The molecule has 12 heteroatoms. The number of alkyl halides is 3. The number of halogens is 3. The van der Waals surface area contributed by atoms with Crippen LogP contribution < -0.4 is 21.3 Å². The van der Waals surface area contributed by atoms with Crippen molar-refractivity contribution in [2.75, 3.05) is 42.1 Å². The lowest BCUT2D eigenvalue weighted by Gasteiger charge is -2.29. The Labute approximate surface area is 189 Å². The molecular formula is C21H28F3N9. The minimum atomic E-state index is -4.42. The molecule has 0 unspecified atom stereocenters. The van der Waals surface area contributed by atoms with Crippen LogP contribution >= 0.6 is 0 Å². The molecule has 3 aromatic heterocycles. The summed E-state index contributed by atoms with van der Waals surface area (Å²) in [7, 11) is 0. The van der Waals surface area contributed by atoms with Gasteiger partial charge in [0.25, 0.3) is 0 Å². The molecule has 1 fully saturated rings. The van der Waals surface area contributed by atoms with Crippen LogP contribution in [0.5, 0.6) is 0 Å². The van der Waals surface area contributed by atoms with Crippen molar-refractivity contribution in [3.63, 3.8) is 0 Å². The summed E-state index contributed by atoms with van der Waals surface area (Å²) in [4.78, 5) is 15.2. The number of nitrogens with zero attached hydrogens (tertiary/aromatic N) is 6. The SMILES string of the molecule is CCC[C@H](Nc1nc(N)c2ncc(Cc3cnc(N4CCNCC4)c(C)c3)n2n1)C(F)(F)F. The molecule has 4 N–H and O–H groups in total. The maximum Gasteiger partial charge on any atom is 0.408 e. The first kappa shape index (κ1) is 23.0. The molecular weight excluding hydrogens is 435 g/mol. The molecule has 1 saturated heterocycles. The molecule has 33 heavy (non-hydrogen) atoms. The zero-order valence-electron chi connectivity index (χ0n) is 18.7. The lowest BCUT2D eigenvalue weighted by atomic mass is 10.1. The molecule has 0 radical (unpaired) electrons. The summed E-state index contributed by atoms with van der Waals surface area (Å²) in [6.45, 7) is 7.38. The van der Waals surface area contributed by atoms with Crippen LogP contribution in [-0.2, 0) is 6.42 Å². The van der Waals surface area contributed by atoms with Gasteiger partial charge in [-0.15, -0.1) is 5.10 Å². The molecule has 178 valence electrons. The number of nitrogens with two attached hydrogens (primary N) is 1. The molecule has 1 aliphatic rings. The standard InChI is InChI=1S/C21H28F3N9/c1-3-4-16(21(22,23)24)29-20-30-17(25)19-28-12-15(33(19)31-20)10-14-9-13(2)18(27-11-14)32-7-5-26-6-8-32/h9,11-12,16,26H,3-8,10H2,1-2H3,(H3,25,29,30,31)/t16-/m0/s1. The molecule has 4 rings (SSSR count). The zero-order chi connectivity index (χ0) is 23.6. The lowest BCUT2D eigenvalue weighted by molar-refractivity contribution is -0.143. The largest absolute Gasteiger partial charge is 0.408 e. The fourth-order valence-electron chi connectivity index (χ4n) is 4.03. The summed E-state index contributed by atoms with van der Waals surface area (Å²) >= 11 is 0. The van der Waals surface area contributed by atoms with E-state index in [0.29, 0.717) is 24.2 Å². The van der Waals surface area contributed by atoms with E-state index in [-0.39, 0.29) is 18.2 Å². The third-order valence-electron chi connectivity index (χ3n) is 5.64. The van der Waals surface area contributed by atoms with Crippen LogP contribution in [0.25, 0.3) is 5.65 Å². The van der Waals surface area contributed by atoms with E-state index in [0.717, 1.165) is 43.1 Å². The normalized spacial score (nSPS) is 15.7. The highest BCUT2D eigenvalue weighted by Crippen LogP contribution is 2.27. The lowest BCUT2D eigenvalue weighted by Crippen LogP contribution is -2.44. The number of aromatic nitrogens is 5. The van der Waals surface area contributed by atoms with Gasteiger partial charge in [0, 0.05) is 38.8 Å². The molecule has 0 aromatic carbocycles. The molecule has 0 spiro atoms. The van der Waals surface area contributed by atoms with Gasteiger partial charge in [-0.1, -0.05) is 19.4 Å². The highest BCUT2D eigenvalue weighted by molar-refractivity contribution is 5.61. The topological polar surface area (TPSA) is 109 Å². The van der Waals surface area contributed by atoms with Gasteiger partial charge in [-0.3, -0.25) is 0 Å². The van der Waals surface area contributed by atoms with Crippen molar-refractivity contribution >= 4 is 23.2 Å². The zero-order valence-corrected chi connectivity index (χ0v) is 18.7. The Hall–Kier alpha value is -3.15. The van der Waals surface area contributed by atoms with Gasteiger partial charge in [0.1, 0.15) is 11.9 Å². The maximum atomic E-state index is 13.3. The van der Waals surface area contributed by atoms with Crippen molar-refractivity contribution in [2.24, 2.45) is 0 Å². The van der Waals surface area contributed by atoms with Crippen molar-refractivity contribution in [2.45, 2.75) is 45.3 Å². The van der Waals surface area contributed by atoms with Gasteiger partial charge in [-0.2, -0.15) is 18.2 Å². The number of rotatable bonds is 7. The summed E-state index contributed by atoms with van der Waals surface area (Å²) in [5.74, 6) is 0.795. The van der Waals surface area contributed by atoms with E-state index in [9.17, 15) is 13.2 Å². The van der Waals surface area contributed by atoms with Crippen molar-refractivity contribution in [1.29, 1.82) is 0 Å². The number of hydrogen-bond acceptors (Lipinski definition) is 8. The van der Waals surface area contributed by atoms with Crippen molar-refractivity contribution in [1.82, 2.24) is 29.9 Å². The van der Waals surface area contributed by atoms with Crippen molar-refractivity contribution in [3.05, 3.63) is 35.3 Å². The fourth-order valence-corrected chi connectivity index (χ4v) is 4.03. The summed E-state index contributed by atoms with van der Waals surface area (Å²) in [6, 6.07) is 0.310. The van der Waals surface area contributed by atoms with Gasteiger partial charge < -0.3 is 21.3 Å². The summed E-state index contributed by atoms with van der Waals surface area (Å²) in [6.07, 6.45) is -0.278. The van der Waals surface area contributed by atoms with Gasteiger partial charge in [0.2, 0.25) is 5.95 Å². The number of imidazole rings is 1. The first-order valence-electron chi connectivity index (χ1n) is 11.0. The first-order chi connectivity index (χ1) is 15.8. The van der Waals surface area contributed by atoms with Gasteiger partial charge in [-0.25, -0.2) is 14.5 Å². The van der Waals surface area contributed by atoms with Gasteiger partial charge in [-0.05, 0) is 24.5 Å². The first-order valence-corrected chi connectivity index (χ1v) is 11.0. The third kappa shape index (κ3) is 5.10. The average Bonchev–Trinajstić information content (AvgIpc) is 3.17. The number of hydrogen-bond donors (Lipinski definition) is 3. The molecule has 1 atom stereocenters. The molecule has 0 aliphatic carbocycles. The second-order valence-electron chi connectivity index (χ2n) is 8.23. The van der Waals surface area contributed by atoms with Crippen LogP contribution in [0.3, 0.4) is 0 Å². The number of fused-ring (bicyclic) bond motifs is 1. The van der Waals surface area contributed by atoms with Crippen molar-refractivity contribution < 1.29 is 13.2 Å². The molecule has 0 saturated carbocycles. The summed E-state index contributed by atoms with van der Waals surface area (Å²) in [5.41, 5.74) is 8.96. The van der Waals surface area contributed by atoms with E-state index in [2.05, 4.69) is 41.7 Å². The summed E-state index contributed by atoms with van der Waals surface area (Å²) < 4.78 is 41.5. The van der Waals surface area contributed by atoms with Crippen LogP contribution in [0.2, 0.25) is 0 Å². The van der Waals surface area contributed by atoms with Crippen LogP contribution in [0.15, 0.2) is 18.5 Å². The highest BCUT2D eigenvalue weighted by Gasteiger charge is 2.39. The fraction of sp³-hybridized carbons (Fsp3) is 0.524. The number of nitrogen functional groups attached to an aromatic ring is 1. The maximum absolute atomic E-state index is 13.3. The Morgan fingerprint density at radius 3 is 2.64 bits per heavy atom. The Kier molecular flexibility index (Phi) is 6.54. The Bertz CT molecular complexity index is 1110. The number of nitrogens with one attached hydrogen (secondary N) is 2. The summed E-state index contributed by atoms with van der Waals surface area (Å²) in [5, 5.41) is 9.97.